The van der Waals surface area contributed by atoms with Gasteiger partial charge in [0.2, 0.25) is 5.91 Å². The molecule has 1 N–H and O–H groups in total. The van der Waals surface area contributed by atoms with Crippen molar-refractivity contribution in [3.63, 3.8) is 0 Å². The third-order valence-corrected chi connectivity index (χ3v) is 4.97. The largest absolute Gasteiger partial charge is 0.451 e. The van der Waals surface area contributed by atoms with Crippen LogP contribution in [0.5, 0.6) is 0 Å². The number of hydrogen-bond acceptors (Lipinski definition) is 3. The maximum absolute atomic E-state index is 12.8. The average Bonchev–Trinajstić information content (AvgIpc) is 3.10. The zero-order valence-corrected chi connectivity index (χ0v) is 16.5. The number of furan rings is 1. The molecule has 0 spiro atoms. The molecule has 1 atom stereocenters. The third kappa shape index (κ3) is 4.59. The lowest BCUT2D eigenvalue weighted by molar-refractivity contribution is -0.120. The SMILES string of the molecule is CC(=O)NC1CCCN(C(=O)c2ccc(-c3ccc(C(C)(C)C)cc3)o2)C1. The van der Waals surface area contributed by atoms with E-state index in [0.29, 0.717) is 24.6 Å². The van der Waals surface area contributed by atoms with Crippen molar-refractivity contribution in [1.82, 2.24) is 10.2 Å². The minimum atomic E-state index is -0.123. The molecule has 0 saturated carbocycles. The minimum absolute atomic E-state index is 0.0135. The Morgan fingerprint density at radius 2 is 1.81 bits per heavy atom. The van der Waals surface area contributed by atoms with Crippen LogP contribution >= 0.6 is 0 Å². The fourth-order valence-corrected chi connectivity index (χ4v) is 3.47. The summed E-state index contributed by atoms with van der Waals surface area (Å²) in [5, 5.41) is 2.90. The first-order chi connectivity index (χ1) is 12.7. The van der Waals surface area contributed by atoms with Gasteiger partial charge in [0, 0.05) is 31.6 Å². The van der Waals surface area contributed by atoms with Crippen molar-refractivity contribution in [3.8, 4) is 11.3 Å². The molecule has 1 unspecified atom stereocenters. The molecule has 0 radical (unpaired) electrons. The Bertz CT molecular complexity index is 815. The van der Waals surface area contributed by atoms with Crippen molar-refractivity contribution in [2.24, 2.45) is 0 Å². The molecule has 1 aliphatic rings. The van der Waals surface area contributed by atoms with E-state index in [1.165, 1.54) is 12.5 Å². The summed E-state index contributed by atoms with van der Waals surface area (Å²) in [6.45, 7) is 9.25. The van der Waals surface area contributed by atoms with Crippen LogP contribution in [-0.2, 0) is 10.2 Å². The minimum Gasteiger partial charge on any atom is -0.451 e. The van der Waals surface area contributed by atoms with Crippen LogP contribution in [0.1, 0.15) is 56.7 Å². The fourth-order valence-electron chi connectivity index (χ4n) is 3.47. The van der Waals surface area contributed by atoms with Crippen LogP contribution in [0.25, 0.3) is 11.3 Å². The first-order valence-electron chi connectivity index (χ1n) is 9.51. The van der Waals surface area contributed by atoms with Crippen LogP contribution in [0.3, 0.4) is 0 Å². The number of hydrogen-bond donors (Lipinski definition) is 1. The van der Waals surface area contributed by atoms with Crippen LogP contribution in [0, 0.1) is 0 Å². The molecule has 0 aliphatic carbocycles. The molecular weight excluding hydrogens is 340 g/mol. The highest BCUT2D eigenvalue weighted by Gasteiger charge is 2.26. The van der Waals surface area contributed by atoms with Gasteiger partial charge in [-0.15, -0.1) is 0 Å². The summed E-state index contributed by atoms with van der Waals surface area (Å²) in [4.78, 5) is 25.8. The molecule has 27 heavy (non-hydrogen) atoms. The van der Waals surface area contributed by atoms with Gasteiger partial charge in [0.15, 0.2) is 5.76 Å². The Morgan fingerprint density at radius 3 is 2.44 bits per heavy atom. The highest BCUT2D eigenvalue weighted by molar-refractivity contribution is 5.92. The Labute approximate surface area is 160 Å². The third-order valence-electron chi connectivity index (χ3n) is 4.97. The molecule has 0 bridgehead atoms. The quantitative estimate of drug-likeness (QED) is 0.891. The molecule has 5 nitrogen and oxygen atoms in total. The predicted molar refractivity (Wildman–Crippen MR) is 106 cm³/mol. The maximum atomic E-state index is 12.8. The molecule has 1 aliphatic heterocycles. The monoisotopic (exact) mass is 368 g/mol. The van der Waals surface area contributed by atoms with E-state index in [-0.39, 0.29) is 23.3 Å². The number of carbonyl (C=O) groups is 2. The van der Waals surface area contributed by atoms with Gasteiger partial charge >= 0.3 is 0 Å². The summed E-state index contributed by atoms with van der Waals surface area (Å²) < 4.78 is 5.85. The first kappa shape index (κ1) is 19.2. The summed E-state index contributed by atoms with van der Waals surface area (Å²) in [5.41, 5.74) is 2.31. The molecular formula is C22H28N2O3. The Morgan fingerprint density at radius 1 is 1.11 bits per heavy atom. The van der Waals surface area contributed by atoms with Crippen LogP contribution in [0.15, 0.2) is 40.8 Å². The first-order valence-corrected chi connectivity index (χ1v) is 9.51. The van der Waals surface area contributed by atoms with Gasteiger partial charge in [-0.05, 0) is 36.0 Å². The van der Waals surface area contributed by atoms with Gasteiger partial charge in [0.1, 0.15) is 5.76 Å². The molecule has 1 saturated heterocycles. The van der Waals surface area contributed by atoms with Gasteiger partial charge in [-0.3, -0.25) is 9.59 Å². The number of benzene rings is 1. The topological polar surface area (TPSA) is 62.6 Å². The summed E-state index contributed by atoms with van der Waals surface area (Å²) in [6.07, 6.45) is 1.77. The fraction of sp³-hybridized carbons (Fsp3) is 0.455. The van der Waals surface area contributed by atoms with Gasteiger partial charge in [-0.1, -0.05) is 45.0 Å². The van der Waals surface area contributed by atoms with Crippen LogP contribution in [0.4, 0.5) is 0 Å². The smallest absolute Gasteiger partial charge is 0.289 e. The van der Waals surface area contributed by atoms with E-state index in [1.807, 2.05) is 18.2 Å². The number of piperidine rings is 1. The van der Waals surface area contributed by atoms with Gasteiger partial charge in [-0.2, -0.15) is 0 Å². The second-order valence-corrected chi connectivity index (χ2v) is 8.28. The second kappa shape index (κ2) is 7.59. The van der Waals surface area contributed by atoms with Crippen molar-refractivity contribution in [1.29, 1.82) is 0 Å². The molecule has 2 heterocycles. The van der Waals surface area contributed by atoms with E-state index in [4.69, 9.17) is 4.42 Å². The average molecular weight is 368 g/mol. The zero-order chi connectivity index (χ0) is 19.6. The Kier molecular flexibility index (Phi) is 5.40. The van der Waals surface area contributed by atoms with Crippen LogP contribution in [-0.4, -0.2) is 35.8 Å². The number of likely N-dealkylation sites (tertiary alicyclic amines) is 1. The highest BCUT2D eigenvalue weighted by Crippen LogP contribution is 2.28. The number of carbonyl (C=O) groups excluding carboxylic acids is 2. The van der Waals surface area contributed by atoms with Crippen molar-refractivity contribution < 1.29 is 14.0 Å². The van der Waals surface area contributed by atoms with E-state index in [1.54, 1.807) is 11.0 Å². The Hall–Kier alpha value is -2.56. The molecule has 2 aromatic rings. The number of nitrogens with zero attached hydrogens (tertiary/aromatic N) is 1. The summed E-state index contributed by atoms with van der Waals surface area (Å²) in [7, 11) is 0. The van der Waals surface area contributed by atoms with Crippen molar-refractivity contribution in [2.45, 2.75) is 52.0 Å². The zero-order valence-electron chi connectivity index (χ0n) is 16.5. The van der Waals surface area contributed by atoms with Crippen LogP contribution < -0.4 is 5.32 Å². The molecule has 144 valence electrons. The summed E-state index contributed by atoms with van der Waals surface area (Å²) in [6, 6.07) is 11.8. The van der Waals surface area contributed by atoms with Gasteiger partial charge in [0.05, 0.1) is 0 Å². The molecule has 1 aromatic carbocycles. The van der Waals surface area contributed by atoms with Crippen molar-refractivity contribution in [2.75, 3.05) is 13.1 Å². The highest BCUT2D eigenvalue weighted by atomic mass is 16.4. The lowest BCUT2D eigenvalue weighted by Crippen LogP contribution is -2.49. The van der Waals surface area contributed by atoms with Gasteiger partial charge in [-0.25, -0.2) is 0 Å². The number of nitrogens with one attached hydrogen (secondary N) is 1. The summed E-state index contributed by atoms with van der Waals surface area (Å²) in [5.74, 6) is 0.846. The normalized spacial score (nSPS) is 17.6. The summed E-state index contributed by atoms with van der Waals surface area (Å²) >= 11 is 0. The van der Waals surface area contributed by atoms with Crippen molar-refractivity contribution in [3.05, 3.63) is 47.7 Å². The molecule has 2 amide bonds. The maximum Gasteiger partial charge on any atom is 0.289 e. The van der Waals surface area contributed by atoms with E-state index >= 15 is 0 Å². The van der Waals surface area contributed by atoms with Crippen LogP contribution in [0.2, 0.25) is 0 Å². The lowest BCUT2D eigenvalue weighted by atomic mass is 9.86. The lowest BCUT2D eigenvalue weighted by Gasteiger charge is -2.32. The molecule has 1 fully saturated rings. The van der Waals surface area contributed by atoms with E-state index in [2.05, 4.69) is 38.2 Å². The molecule has 5 heteroatoms. The van der Waals surface area contributed by atoms with Crippen molar-refractivity contribution >= 4 is 11.8 Å². The molecule has 1 aromatic heterocycles. The van der Waals surface area contributed by atoms with Gasteiger partial charge in [0.25, 0.3) is 5.91 Å². The van der Waals surface area contributed by atoms with E-state index in [9.17, 15) is 9.59 Å². The van der Waals surface area contributed by atoms with E-state index in [0.717, 1.165) is 18.4 Å². The Balaban J connectivity index is 1.71. The predicted octanol–water partition coefficient (Wildman–Crippen LogP) is 3.98. The second-order valence-electron chi connectivity index (χ2n) is 8.28. The standard InChI is InChI=1S/C22H28N2O3/c1-15(25)23-18-6-5-13-24(14-18)21(26)20-12-11-19(27-20)16-7-9-17(10-8-16)22(2,3)4/h7-12,18H,5-6,13-14H2,1-4H3,(H,23,25). The molecule has 3 rings (SSSR count). The van der Waals surface area contributed by atoms with Gasteiger partial charge < -0.3 is 14.6 Å². The number of rotatable bonds is 3. The van der Waals surface area contributed by atoms with E-state index < -0.39 is 0 Å². The number of amides is 2.